The quantitative estimate of drug-likeness (QED) is 0.912. The van der Waals surface area contributed by atoms with Crippen LogP contribution in [0, 0.1) is 0 Å². The van der Waals surface area contributed by atoms with Crippen LogP contribution in [0.3, 0.4) is 0 Å². The van der Waals surface area contributed by atoms with Gasteiger partial charge in [-0.25, -0.2) is 4.98 Å². The van der Waals surface area contributed by atoms with Gasteiger partial charge >= 0.3 is 0 Å². The van der Waals surface area contributed by atoms with E-state index in [0.717, 1.165) is 17.4 Å². The lowest BCUT2D eigenvalue weighted by atomic mass is 10.1. The van der Waals surface area contributed by atoms with Gasteiger partial charge in [0.05, 0.1) is 12.2 Å². The molecule has 4 nitrogen and oxygen atoms in total. The Morgan fingerprint density at radius 3 is 2.53 bits per heavy atom. The van der Waals surface area contributed by atoms with Crippen molar-refractivity contribution in [1.29, 1.82) is 0 Å². The van der Waals surface area contributed by atoms with Crippen LogP contribution in [0.5, 0.6) is 0 Å². The van der Waals surface area contributed by atoms with E-state index in [2.05, 4.69) is 34.3 Å². The van der Waals surface area contributed by atoms with Crippen molar-refractivity contribution in [3.05, 3.63) is 53.4 Å². The van der Waals surface area contributed by atoms with Crippen LogP contribution < -0.4 is 5.32 Å². The van der Waals surface area contributed by atoms with E-state index in [9.17, 15) is 0 Å². The third-order valence-corrected chi connectivity index (χ3v) is 3.17. The summed E-state index contributed by atoms with van der Waals surface area (Å²) < 4.78 is 0. The Hall–Kier alpha value is -1.65. The lowest BCUT2D eigenvalue weighted by Crippen LogP contribution is -2.27. The van der Waals surface area contributed by atoms with Crippen LogP contribution in [-0.2, 0) is 0 Å². The molecule has 1 aromatic carbocycles. The van der Waals surface area contributed by atoms with Crippen molar-refractivity contribution in [3.63, 3.8) is 0 Å². The molecular formula is C14H17ClN4. The van der Waals surface area contributed by atoms with Gasteiger partial charge in [-0.1, -0.05) is 23.7 Å². The van der Waals surface area contributed by atoms with E-state index >= 15 is 0 Å². The summed E-state index contributed by atoms with van der Waals surface area (Å²) in [6.07, 6.45) is 5.05. The minimum Gasteiger partial charge on any atom is -0.367 e. The Labute approximate surface area is 118 Å². The van der Waals surface area contributed by atoms with Gasteiger partial charge in [-0.05, 0) is 31.8 Å². The molecule has 0 spiro atoms. The van der Waals surface area contributed by atoms with Crippen molar-refractivity contribution in [3.8, 4) is 0 Å². The first kappa shape index (κ1) is 13.8. The van der Waals surface area contributed by atoms with Crippen LogP contribution in [0.25, 0.3) is 0 Å². The van der Waals surface area contributed by atoms with Gasteiger partial charge in [-0.3, -0.25) is 4.98 Å². The van der Waals surface area contributed by atoms with Crippen LogP contribution in [0.15, 0.2) is 42.9 Å². The maximum atomic E-state index is 5.92. The lowest BCUT2D eigenvalue weighted by molar-refractivity contribution is 0.311. The zero-order valence-electron chi connectivity index (χ0n) is 11.0. The minimum atomic E-state index is 0.249. The predicted octanol–water partition coefficient (Wildman–Crippen LogP) is 2.84. The Bertz CT molecular complexity index is 499. The summed E-state index contributed by atoms with van der Waals surface area (Å²) in [6, 6.07) is 8.17. The van der Waals surface area contributed by atoms with Gasteiger partial charge in [-0.15, -0.1) is 0 Å². The fraction of sp³-hybridized carbons (Fsp3) is 0.286. The molecule has 2 aromatic rings. The SMILES string of the molecule is CN(C)C(CNc1cnccn1)c1ccc(Cl)cc1. The summed E-state index contributed by atoms with van der Waals surface area (Å²) in [4.78, 5) is 10.4. The van der Waals surface area contributed by atoms with Gasteiger partial charge in [0.15, 0.2) is 0 Å². The summed E-state index contributed by atoms with van der Waals surface area (Å²) in [7, 11) is 4.11. The smallest absolute Gasteiger partial charge is 0.144 e. The molecule has 0 bridgehead atoms. The average molecular weight is 277 g/mol. The zero-order valence-corrected chi connectivity index (χ0v) is 11.8. The number of hydrogen-bond donors (Lipinski definition) is 1. The second-order valence-corrected chi connectivity index (χ2v) is 4.94. The third kappa shape index (κ3) is 3.91. The molecule has 1 atom stereocenters. The fourth-order valence-electron chi connectivity index (χ4n) is 1.88. The third-order valence-electron chi connectivity index (χ3n) is 2.92. The number of nitrogens with zero attached hydrogens (tertiary/aromatic N) is 3. The van der Waals surface area contributed by atoms with Crippen LogP contribution in [0.2, 0.25) is 5.02 Å². The van der Waals surface area contributed by atoms with Gasteiger partial charge in [0.1, 0.15) is 5.82 Å². The largest absolute Gasteiger partial charge is 0.367 e. The van der Waals surface area contributed by atoms with Crippen LogP contribution in [0.4, 0.5) is 5.82 Å². The highest BCUT2D eigenvalue weighted by Gasteiger charge is 2.13. The van der Waals surface area contributed by atoms with Gasteiger partial charge in [0.2, 0.25) is 0 Å². The maximum Gasteiger partial charge on any atom is 0.144 e. The number of rotatable bonds is 5. The van der Waals surface area contributed by atoms with Gasteiger partial charge < -0.3 is 10.2 Å². The van der Waals surface area contributed by atoms with E-state index < -0.39 is 0 Å². The number of anilines is 1. The van der Waals surface area contributed by atoms with Crippen LogP contribution in [-0.4, -0.2) is 35.5 Å². The molecule has 0 saturated carbocycles. The lowest BCUT2D eigenvalue weighted by Gasteiger charge is -2.25. The molecule has 2 rings (SSSR count). The van der Waals surface area contributed by atoms with E-state index in [0.29, 0.717) is 0 Å². The van der Waals surface area contributed by atoms with Gasteiger partial charge in [0.25, 0.3) is 0 Å². The normalized spacial score (nSPS) is 12.4. The number of aromatic nitrogens is 2. The molecule has 0 aliphatic carbocycles. The highest BCUT2D eigenvalue weighted by atomic mass is 35.5. The summed E-state index contributed by atoms with van der Waals surface area (Å²) in [5.74, 6) is 0.781. The summed E-state index contributed by atoms with van der Waals surface area (Å²) >= 11 is 5.92. The molecule has 19 heavy (non-hydrogen) atoms. The van der Waals surface area contributed by atoms with Crippen molar-refractivity contribution in [1.82, 2.24) is 14.9 Å². The molecule has 5 heteroatoms. The van der Waals surface area contributed by atoms with Crippen LogP contribution >= 0.6 is 11.6 Å². The first-order valence-corrected chi connectivity index (χ1v) is 6.46. The number of benzene rings is 1. The molecule has 100 valence electrons. The van der Waals surface area contributed by atoms with E-state index in [1.165, 1.54) is 5.56 Å². The molecule has 0 fully saturated rings. The second kappa shape index (κ2) is 6.50. The highest BCUT2D eigenvalue weighted by molar-refractivity contribution is 6.30. The predicted molar refractivity (Wildman–Crippen MR) is 78.4 cm³/mol. The molecule has 0 aliphatic rings. The van der Waals surface area contributed by atoms with E-state index in [-0.39, 0.29) is 6.04 Å². The summed E-state index contributed by atoms with van der Waals surface area (Å²) in [5, 5.41) is 4.04. The minimum absolute atomic E-state index is 0.249. The molecule has 0 radical (unpaired) electrons. The topological polar surface area (TPSA) is 41.0 Å². The first-order valence-electron chi connectivity index (χ1n) is 6.08. The first-order chi connectivity index (χ1) is 9.16. The number of halogens is 1. The maximum absolute atomic E-state index is 5.92. The molecule has 0 aliphatic heterocycles. The van der Waals surface area contributed by atoms with Crippen molar-refractivity contribution in [2.45, 2.75) is 6.04 Å². The van der Waals surface area contributed by atoms with E-state index in [1.807, 2.05) is 24.3 Å². The molecule has 0 saturated heterocycles. The zero-order chi connectivity index (χ0) is 13.7. The monoisotopic (exact) mass is 276 g/mol. The van der Waals surface area contributed by atoms with Crippen molar-refractivity contribution >= 4 is 17.4 Å². The molecule has 1 heterocycles. The van der Waals surface area contributed by atoms with Gasteiger partial charge in [-0.2, -0.15) is 0 Å². The van der Waals surface area contributed by atoms with Crippen molar-refractivity contribution < 1.29 is 0 Å². The highest BCUT2D eigenvalue weighted by Crippen LogP contribution is 2.20. The molecule has 1 unspecified atom stereocenters. The number of hydrogen-bond acceptors (Lipinski definition) is 4. The van der Waals surface area contributed by atoms with Gasteiger partial charge in [0, 0.05) is 24.0 Å². The Kier molecular flexibility index (Phi) is 4.71. The van der Waals surface area contributed by atoms with Crippen molar-refractivity contribution in [2.24, 2.45) is 0 Å². The number of nitrogens with one attached hydrogen (secondary N) is 1. The van der Waals surface area contributed by atoms with E-state index in [1.54, 1.807) is 18.6 Å². The summed E-state index contributed by atoms with van der Waals surface area (Å²) in [5.41, 5.74) is 1.21. The second-order valence-electron chi connectivity index (χ2n) is 4.50. The molecule has 1 N–H and O–H groups in total. The van der Waals surface area contributed by atoms with Crippen LogP contribution in [0.1, 0.15) is 11.6 Å². The Balaban J connectivity index is 2.06. The Morgan fingerprint density at radius 2 is 1.95 bits per heavy atom. The average Bonchev–Trinajstić information content (AvgIpc) is 2.42. The Morgan fingerprint density at radius 1 is 1.21 bits per heavy atom. The molecule has 0 amide bonds. The summed E-state index contributed by atoms with van der Waals surface area (Å²) in [6.45, 7) is 0.757. The number of likely N-dealkylation sites (N-methyl/N-ethyl adjacent to an activating group) is 1. The van der Waals surface area contributed by atoms with Crippen molar-refractivity contribution in [2.75, 3.05) is 26.0 Å². The molecular weight excluding hydrogens is 260 g/mol. The molecule has 1 aromatic heterocycles. The standard InChI is InChI=1S/C14H17ClN4/c1-19(2)13(11-3-5-12(15)6-4-11)9-18-14-10-16-7-8-17-14/h3-8,10,13H,9H2,1-2H3,(H,17,18). The van der Waals surface area contributed by atoms with E-state index in [4.69, 9.17) is 11.6 Å². The fourth-order valence-corrected chi connectivity index (χ4v) is 2.00.